The number of rotatable bonds is 6. The zero-order chi connectivity index (χ0) is 24.2. The largest absolute Gasteiger partial charge is 0.496 e. The van der Waals surface area contributed by atoms with Gasteiger partial charge >= 0.3 is 0 Å². The smallest absolute Gasteiger partial charge is 0.255 e. The predicted molar refractivity (Wildman–Crippen MR) is 136 cm³/mol. The number of carbonyl (C=O) groups is 1. The fourth-order valence-electron chi connectivity index (χ4n) is 4.12. The summed E-state index contributed by atoms with van der Waals surface area (Å²) in [5, 5.41) is 6.60. The van der Waals surface area contributed by atoms with E-state index in [0.29, 0.717) is 34.2 Å². The van der Waals surface area contributed by atoms with Crippen molar-refractivity contribution in [3.63, 3.8) is 0 Å². The van der Waals surface area contributed by atoms with Crippen LogP contribution in [-0.2, 0) is 11.3 Å². The maximum Gasteiger partial charge on any atom is 0.255 e. The average molecular weight is 476 g/mol. The van der Waals surface area contributed by atoms with E-state index < -0.39 is 11.9 Å². The minimum atomic E-state index is -0.730. The molecule has 3 aromatic carbocycles. The van der Waals surface area contributed by atoms with Crippen LogP contribution in [-0.4, -0.2) is 23.0 Å². The fourth-order valence-corrected chi connectivity index (χ4v) is 4.43. The first-order valence-corrected chi connectivity index (χ1v) is 11.3. The van der Waals surface area contributed by atoms with Crippen molar-refractivity contribution in [1.29, 1.82) is 0 Å². The number of allylic oxidation sites excluding steroid dienone is 1. The fraction of sp³-hybridized carbons (Fsp3) is 0.185. The van der Waals surface area contributed by atoms with Crippen molar-refractivity contribution in [2.24, 2.45) is 0 Å². The number of thiocarbonyl (C=S) groups is 1. The summed E-state index contributed by atoms with van der Waals surface area (Å²) in [5.41, 5.74) is 3.95. The van der Waals surface area contributed by atoms with E-state index in [1.54, 1.807) is 25.3 Å². The van der Waals surface area contributed by atoms with E-state index >= 15 is 0 Å². The molecule has 0 saturated heterocycles. The first-order valence-electron chi connectivity index (χ1n) is 10.9. The van der Waals surface area contributed by atoms with E-state index in [1.165, 1.54) is 6.07 Å². The molecule has 1 atom stereocenters. The summed E-state index contributed by atoms with van der Waals surface area (Å²) in [6.07, 6.45) is 0. The van der Waals surface area contributed by atoms with Crippen molar-refractivity contribution in [3.8, 4) is 5.75 Å². The molecule has 0 saturated carbocycles. The third-order valence-corrected chi connectivity index (χ3v) is 6.31. The molecule has 0 radical (unpaired) electrons. The van der Waals surface area contributed by atoms with E-state index in [-0.39, 0.29) is 5.91 Å². The van der Waals surface area contributed by atoms with Crippen LogP contribution in [0.15, 0.2) is 84.1 Å². The molecule has 174 valence electrons. The number of anilines is 1. The number of benzene rings is 3. The standard InChI is InChI=1S/C27H26FN3O2S/c1-17-10-4-8-14-22(17)29-26(32)24-18(2)31(16-19-11-5-9-15-23(19)33-3)27(34)30-25(24)20-12-6-7-13-21(20)28/h4-15,25H,16H2,1-3H3,(H,29,32)(H,30,34). The number of carbonyl (C=O) groups excluding carboxylic acids is 1. The number of para-hydroxylation sites is 2. The van der Waals surface area contributed by atoms with Gasteiger partial charge in [0.15, 0.2) is 5.11 Å². The van der Waals surface area contributed by atoms with Gasteiger partial charge in [-0.1, -0.05) is 54.6 Å². The average Bonchev–Trinajstić information content (AvgIpc) is 2.83. The van der Waals surface area contributed by atoms with E-state index in [2.05, 4.69) is 10.6 Å². The predicted octanol–water partition coefficient (Wildman–Crippen LogP) is 5.49. The Labute approximate surface area is 204 Å². The summed E-state index contributed by atoms with van der Waals surface area (Å²) in [6.45, 7) is 4.16. The number of nitrogens with zero attached hydrogens (tertiary/aromatic N) is 1. The van der Waals surface area contributed by atoms with Gasteiger partial charge in [-0.15, -0.1) is 0 Å². The number of ether oxygens (including phenoxy) is 1. The van der Waals surface area contributed by atoms with Crippen LogP contribution in [0, 0.1) is 12.7 Å². The van der Waals surface area contributed by atoms with Gasteiger partial charge in [-0.05, 0) is 49.8 Å². The van der Waals surface area contributed by atoms with Gasteiger partial charge in [-0.3, -0.25) is 4.79 Å². The van der Waals surface area contributed by atoms with Crippen molar-refractivity contribution in [1.82, 2.24) is 10.2 Å². The molecular weight excluding hydrogens is 449 g/mol. The van der Waals surface area contributed by atoms with Crippen LogP contribution in [0.4, 0.5) is 10.1 Å². The van der Waals surface area contributed by atoms with Crippen molar-refractivity contribution in [2.75, 3.05) is 12.4 Å². The molecule has 1 aliphatic heterocycles. The molecule has 1 unspecified atom stereocenters. The van der Waals surface area contributed by atoms with Crippen LogP contribution in [0.25, 0.3) is 0 Å². The lowest BCUT2D eigenvalue weighted by Crippen LogP contribution is -2.48. The summed E-state index contributed by atoms with van der Waals surface area (Å²) in [7, 11) is 1.61. The number of amides is 1. The van der Waals surface area contributed by atoms with Crippen LogP contribution >= 0.6 is 12.2 Å². The first-order chi connectivity index (χ1) is 16.4. The molecule has 0 aliphatic carbocycles. The van der Waals surface area contributed by atoms with Crippen molar-refractivity contribution in [2.45, 2.75) is 26.4 Å². The Kier molecular flexibility index (Phi) is 6.93. The van der Waals surface area contributed by atoms with Gasteiger partial charge in [0.1, 0.15) is 11.6 Å². The minimum Gasteiger partial charge on any atom is -0.496 e. The second-order valence-corrected chi connectivity index (χ2v) is 8.46. The topological polar surface area (TPSA) is 53.6 Å². The summed E-state index contributed by atoms with van der Waals surface area (Å²) in [4.78, 5) is 15.5. The summed E-state index contributed by atoms with van der Waals surface area (Å²) in [5.74, 6) is -0.00436. The Hall–Kier alpha value is -3.71. The monoisotopic (exact) mass is 475 g/mol. The number of hydrogen-bond donors (Lipinski definition) is 2. The van der Waals surface area contributed by atoms with Crippen molar-refractivity contribution >= 4 is 28.9 Å². The third kappa shape index (κ3) is 4.65. The van der Waals surface area contributed by atoms with Gasteiger partial charge < -0.3 is 20.3 Å². The Morgan fingerprint density at radius 1 is 1.06 bits per heavy atom. The first kappa shape index (κ1) is 23.4. The highest BCUT2D eigenvalue weighted by Gasteiger charge is 2.35. The Morgan fingerprint density at radius 3 is 2.47 bits per heavy atom. The Morgan fingerprint density at radius 2 is 1.74 bits per heavy atom. The molecule has 7 heteroatoms. The van der Waals surface area contributed by atoms with E-state index in [9.17, 15) is 9.18 Å². The molecule has 3 aromatic rings. The maximum atomic E-state index is 14.8. The van der Waals surface area contributed by atoms with E-state index in [4.69, 9.17) is 17.0 Å². The molecule has 1 aliphatic rings. The van der Waals surface area contributed by atoms with Gasteiger partial charge in [0.05, 0.1) is 25.3 Å². The zero-order valence-corrected chi connectivity index (χ0v) is 20.1. The molecule has 0 fully saturated rings. The molecule has 5 nitrogen and oxygen atoms in total. The van der Waals surface area contributed by atoms with Gasteiger partial charge in [0, 0.05) is 22.5 Å². The quantitative estimate of drug-likeness (QED) is 0.462. The lowest BCUT2D eigenvalue weighted by atomic mass is 9.93. The third-order valence-electron chi connectivity index (χ3n) is 5.97. The van der Waals surface area contributed by atoms with Crippen LogP contribution in [0.5, 0.6) is 5.75 Å². The molecule has 0 spiro atoms. The van der Waals surface area contributed by atoms with Gasteiger partial charge in [0.25, 0.3) is 5.91 Å². The molecule has 34 heavy (non-hydrogen) atoms. The normalized spacial score (nSPS) is 15.7. The van der Waals surface area contributed by atoms with E-state index in [0.717, 1.165) is 16.9 Å². The van der Waals surface area contributed by atoms with Crippen LogP contribution in [0.1, 0.15) is 29.7 Å². The molecule has 0 aromatic heterocycles. The van der Waals surface area contributed by atoms with Crippen LogP contribution < -0.4 is 15.4 Å². The highest BCUT2D eigenvalue weighted by atomic mass is 32.1. The molecule has 2 N–H and O–H groups in total. The molecule has 1 heterocycles. The number of aryl methyl sites for hydroxylation is 1. The van der Waals surface area contributed by atoms with Gasteiger partial charge in [0.2, 0.25) is 0 Å². The lowest BCUT2D eigenvalue weighted by Gasteiger charge is -2.38. The highest BCUT2D eigenvalue weighted by molar-refractivity contribution is 7.80. The van der Waals surface area contributed by atoms with Crippen molar-refractivity contribution in [3.05, 3.63) is 107 Å². The Bertz CT molecular complexity index is 1270. The second kappa shape index (κ2) is 10.1. The number of hydrogen-bond acceptors (Lipinski definition) is 3. The maximum absolute atomic E-state index is 14.8. The molecule has 1 amide bonds. The molecule has 0 bridgehead atoms. The number of nitrogens with one attached hydrogen (secondary N) is 2. The van der Waals surface area contributed by atoms with Gasteiger partial charge in [-0.2, -0.15) is 0 Å². The zero-order valence-electron chi connectivity index (χ0n) is 19.3. The van der Waals surface area contributed by atoms with Crippen molar-refractivity contribution < 1.29 is 13.9 Å². The molecule has 4 rings (SSSR count). The minimum absolute atomic E-state index is 0.319. The van der Waals surface area contributed by atoms with Gasteiger partial charge in [-0.25, -0.2) is 4.39 Å². The summed E-state index contributed by atoms with van der Waals surface area (Å²) in [6, 6.07) is 20.9. The number of methoxy groups -OCH3 is 1. The highest BCUT2D eigenvalue weighted by Crippen LogP contribution is 2.34. The van der Waals surface area contributed by atoms with Crippen LogP contribution in [0.3, 0.4) is 0 Å². The lowest BCUT2D eigenvalue weighted by molar-refractivity contribution is -0.113. The van der Waals surface area contributed by atoms with E-state index in [1.807, 2.05) is 67.3 Å². The van der Waals surface area contributed by atoms with Crippen LogP contribution in [0.2, 0.25) is 0 Å². The SMILES string of the molecule is COc1ccccc1CN1C(=S)NC(c2ccccc2F)C(C(=O)Nc2ccccc2C)=C1C. The summed E-state index contributed by atoms with van der Waals surface area (Å²) < 4.78 is 20.3. The summed E-state index contributed by atoms with van der Waals surface area (Å²) >= 11 is 5.68. The second-order valence-electron chi connectivity index (χ2n) is 8.07. The molecular formula is C27H26FN3O2S. The number of halogens is 1. The Balaban J connectivity index is 1.79.